The van der Waals surface area contributed by atoms with Gasteiger partial charge >= 0.3 is 0 Å². The zero-order valence-corrected chi connectivity index (χ0v) is 17.4. The monoisotopic (exact) mass is 422 g/mol. The highest BCUT2D eigenvalue weighted by atomic mass is 35.5. The van der Waals surface area contributed by atoms with Crippen LogP contribution in [0.2, 0.25) is 5.28 Å². The second-order valence-corrected chi connectivity index (χ2v) is 6.67. The standard InChI is InChI=1S/C22H19ClN4O3/c1-28-17-10-14(11-18(29-2)20(17)30-3)13-8-9-19(24-12-13)26-21-15-6-4-5-7-16(15)25-22(23)27-21/h4-12H,1-3H3,(H,24,25,26,27). The molecule has 4 aromatic rings. The lowest BCUT2D eigenvalue weighted by atomic mass is 10.1. The molecule has 0 saturated heterocycles. The van der Waals surface area contributed by atoms with Gasteiger partial charge in [-0.15, -0.1) is 0 Å². The van der Waals surface area contributed by atoms with E-state index in [0.29, 0.717) is 28.9 Å². The Morgan fingerprint density at radius 1 is 0.833 bits per heavy atom. The fourth-order valence-corrected chi connectivity index (χ4v) is 3.33. The lowest BCUT2D eigenvalue weighted by molar-refractivity contribution is 0.324. The van der Waals surface area contributed by atoms with Gasteiger partial charge in [0.2, 0.25) is 11.0 Å². The summed E-state index contributed by atoms with van der Waals surface area (Å²) >= 11 is 6.06. The molecule has 2 heterocycles. The van der Waals surface area contributed by atoms with Gasteiger partial charge in [0.25, 0.3) is 0 Å². The highest BCUT2D eigenvalue weighted by molar-refractivity contribution is 6.28. The maximum Gasteiger partial charge on any atom is 0.224 e. The Labute approximate surface area is 178 Å². The Hall–Kier alpha value is -3.58. The molecule has 0 aliphatic carbocycles. The smallest absolute Gasteiger partial charge is 0.224 e. The molecule has 1 N–H and O–H groups in total. The van der Waals surface area contributed by atoms with Gasteiger partial charge in [0.05, 0.1) is 26.8 Å². The number of halogens is 1. The van der Waals surface area contributed by atoms with E-state index in [1.165, 1.54) is 0 Å². The molecule has 0 spiro atoms. The van der Waals surface area contributed by atoms with Crippen molar-refractivity contribution in [2.24, 2.45) is 0 Å². The highest BCUT2D eigenvalue weighted by Crippen LogP contribution is 2.41. The predicted molar refractivity (Wildman–Crippen MR) is 117 cm³/mol. The summed E-state index contributed by atoms with van der Waals surface area (Å²) in [6, 6.07) is 15.2. The molecule has 0 saturated carbocycles. The fraction of sp³-hybridized carbons (Fsp3) is 0.136. The van der Waals surface area contributed by atoms with E-state index in [4.69, 9.17) is 25.8 Å². The van der Waals surface area contributed by atoms with Crippen molar-refractivity contribution in [2.45, 2.75) is 0 Å². The topological polar surface area (TPSA) is 78.4 Å². The summed E-state index contributed by atoms with van der Waals surface area (Å²) in [6.45, 7) is 0. The van der Waals surface area contributed by atoms with Gasteiger partial charge in [-0.05, 0) is 53.6 Å². The Balaban J connectivity index is 1.66. The van der Waals surface area contributed by atoms with Crippen molar-refractivity contribution in [3.05, 3.63) is 60.0 Å². The van der Waals surface area contributed by atoms with Crippen LogP contribution in [0.1, 0.15) is 0 Å². The predicted octanol–water partition coefficient (Wildman–Crippen LogP) is 5.11. The first-order valence-corrected chi connectivity index (χ1v) is 9.46. The number of ether oxygens (including phenoxy) is 3. The molecule has 8 heteroatoms. The number of aromatic nitrogens is 3. The summed E-state index contributed by atoms with van der Waals surface area (Å²) in [7, 11) is 4.75. The molecule has 0 atom stereocenters. The minimum atomic E-state index is 0.172. The summed E-state index contributed by atoms with van der Waals surface area (Å²) in [4.78, 5) is 13.0. The van der Waals surface area contributed by atoms with E-state index in [-0.39, 0.29) is 5.28 Å². The van der Waals surface area contributed by atoms with E-state index in [9.17, 15) is 0 Å². The van der Waals surface area contributed by atoms with E-state index >= 15 is 0 Å². The zero-order valence-electron chi connectivity index (χ0n) is 16.6. The van der Waals surface area contributed by atoms with E-state index in [0.717, 1.165) is 22.0 Å². The third-order valence-electron chi connectivity index (χ3n) is 4.58. The molecule has 152 valence electrons. The van der Waals surface area contributed by atoms with Crippen LogP contribution in [0.3, 0.4) is 0 Å². The van der Waals surface area contributed by atoms with Crippen molar-refractivity contribution >= 4 is 34.1 Å². The lowest BCUT2D eigenvalue weighted by Crippen LogP contribution is -1.99. The number of fused-ring (bicyclic) bond motifs is 1. The number of benzene rings is 2. The first-order chi connectivity index (χ1) is 14.6. The number of hydrogen-bond donors (Lipinski definition) is 1. The molecule has 7 nitrogen and oxygen atoms in total. The first kappa shape index (κ1) is 19.7. The molecule has 0 unspecified atom stereocenters. The molecule has 30 heavy (non-hydrogen) atoms. The normalized spacial score (nSPS) is 10.7. The van der Waals surface area contributed by atoms with Crippen LogP contribution in [0.15, 0.2) is 54.7 Å². The molecule has 0 aliphatic rings. The lowest BCUT2D eigenvalue weighted by Gasteiger charge is -2.14. The van der Waals surface area contributed by atoms with Crippen molar-refractivity contribution in [1.29, 1.82) is 0 Å². The molecule has 0 radical (unpaired) electrons. The fourth-order valence-electron chi connectivity index (χ4n) is 3.15. The van der Waals surface area contributed by atoms with Crippen LogP contribution < -0.4 is 19.5 Å². The van der Waals surface area contributed by atoms with E-state index < -0.39 is 0 Å². The minimum Gasteiger partial charge on any atom is -0.493 e. The van der Waals surface area contributed by atoms with Crippen LogP contribution >= 0.6 is 11.6 Å². The number of nitrogens with zero attached hydrogens (tertiary/aromatic N) is 3. The largest absolute Gasteiger partial charge is 0.493 e. The Morgan fingerprint density at radius 3 is 2.20 bits per heavy atom. The second kappa shape index (κ2) is 8.42. The molecular weight excluding hydrogens is 404 g/mol. The number of hydrogen-bond acceptors (Lipinski definition) is 7. The van der Waals surface area contributed by atoms with Gasteiger partial charge in [0, 0.05) is 17.1 Å². The Kier molecular flexibility index (Phi) is 5.54. The summed E-state index contributed by atoms with van der Waals surface area (Å²) in [5.41, 5.74) is 2.54. The maximum absolute atomic E-state index is 6.06. The van der Waals surface area contributed by atoms with Gasteiger partial charge in [-0.3, -0.25) is 0 Å². The van der Waals surface area contributed by atoms with Crippen molar-refractivity contribution < 1.29 is 14.2 Å². The van der Waals surface area contributed by atoms with Crippen LogP contribution in [-0.2, 0) is 0 Å². The molecular formula is C22H19ClN4O3. The number of rotatable bonds is 6. The number of nitrogens with one attached hydrogen (secondary N) is 1. The third kappa shape index (κ3) is 3.79. The van der Waals surface area contributed by atoms with E-state index in [1.807, 2.05) is 48.5 Å². The van der Waals surface area contributed by atoms with Crippen LogP contribution in [0.4, 0.5) is 11.6 Å². The molecule has 2 aromatic carbocycles. The van der Waals surface area contributed by atoms with Gasteiger partial charge in [-0.1, -0.05) is 12.1 Å². The van der Waals surface area contributed by atoms with E-state index in [2.05, 4.69) is 20.3 Å². The maximum atomic E-state index is 6.06. The molecule has 0 aliphatic heterocycles. The van der Waals surface area contributed by atoms with Crippen molar-refractivity contribution in [3.63, 3.8) is 0 Å². The molecule has 0 bridgehead atoms. The van der Waals surface area contributed by atoms with Crippen LogP contribution in [-0.4, -0.2) is 36.3 Å². The van der Waals surface area contributed by atoms with Crippen LogP contribution in [0, 0.1) is 0 Å². The molecule has 4 rings (SSSR count). The number of para-hydroxylation sites is 1. The van der Waals surface area contributed by atoms with Crippen LogP contribution in [0.5, 0.6) is 17.2 Å². The summed E-state index contributed by atoms with van der Waals surface area (Å²) in [5, 5.41) is 4.24. The number of methoxy groups -OCH3 is 3. The van der Waals surface area contributed by atoms with Gasteiger partial charge in [0.15, 0.2) is 11.5 Å². The Bertz CT molecular complexity index is 1170. The third-order valence-corrected chi connectivity index (χ3v) is 4.75. The number of anilines is 2. The van der Waals surface area contributed by atoms with Gasteiger partial charge in [-0.2, -0.15) is 4.98 Å². The molecule has 0 fully saturated rings. The molecule has 2 aromatic heterocycles. The summed E-state index contributed by atoms with van der Waals surface area (Å²) in [6.07, 6.45) is 1.76. The van der Waals surface area contributed by atoms with Crippen molar-refractivity contribution in [2.75, 3.05) is 26.6 Å². The van der Waals surface area contributed by atoms with Crippen molar-refractivity contribution in [3.8, 4) is 28.4 Å². The van der Waals surface area contributed by atoms with Gasteiger partial charge in [-0.25, -0.2) is 9.97 Å². The van der Waals surface area contributed by atoms with Gasteiger partial charge < -0.3 is 19.5 Å². The SMILES string of the molecule is COc1cc(-c2ccc(Nc3nc(Cl)nc4ccccc34)nc2)cc(OC)c1OC. The van der Waals surface area contributed by atoms with Crippen molar-refractivity contribution in [1.82, 2.24) is 15.0 Å². The summed E-state index contributed by atoms with van der Waals surface area (Å²) < 4.78 is 16.2. The Morgan fingerprint density at radius 2 is 1.57 bits per heavy atom. The number of pyridine rings is 1. The quantitative estimate of drug-likeness (QED) is 0.432. The van der Waals surface area contributed by atoms with E-state index in [1.54, 1.807) is 27.5 Å². The van der Waals surface area contributed by atoms with Gasteiger partial charge in [0.1, 0.15) is 11.6 Å². The molecule has 0 amide bonds. The average Bonchev–Trinajstić information content (AvgIpc) is 2.78. The second-order valence-electron chi connectivity index (χ2n) is 6.33. The highest BCUT2D eigenvalue weighted by Gasteiger charge is 2.14. The zero-order chi connectivity index (χ0) is 21.1. The van der Waals surface area contributed by atoms with Crippen LogP contribution in [0.25, 0.3) is 22.0 Å². The average molecular weight is 423 g/mol. The first-order valence-electron chi connectivity index (χ1n) is 9.08. The minimum absolute atomic E-state index is 0.172. The summed E-state index contributed by atoms with van der Waals surface area (Å²) in [5.74, 6) is 2.93.